The molecule has 6 nitrogen and oxygen atoms in total. The lowest BCUT2D eigenvalue weighted by Gasteiger charge is -2.26. The fourth-order valence-electron chi connectivity index (χ4n) is 3.61. The Bertz CT molecular complexity index is 1160. The minimum atomic E-state index is -1.67. The predicted octanol–water partition coefficient (Wildman–Crippen LogP) is 4.14. The number of halogens is 2. The number of amides is 1. The van der Waals surface area contributed by atoms with Crippen LogP contribution < -0.4 is 10.1 Å². The van der Waals surface area contributed by atoms with Gasteiger partial charge in [-0.3, -0.25) is 4.79 Å². The Labute approximate surface area is 174 Å². The summed E-state index contributed by atoms with van der Waals surface area (Å²) in [5, 5.41) is 2.67. The number of methoxy groups -OCH3 is 1. The molecule has 0 spiro atoms. The fraction of sp³-hybridized carbons (Fsp3) is 0.364. The van der Waals surface area contributed by atoms with Crippen LogP contribution in [0.2, 0.25) is 0 Å². The lowest BCUT2D eigenvalue weighted by Crippen LogP contribution is -2.32. The standard InChI is InChI=1S/C22H23F2N3O3/c1-12(2)19-8-13(11-29-3)25-21-14(4-6-27(19)21)22(28)26-18-5-7-30-20-10-17(24)16(23)9-15(18)20/h4,6,8-10,12,18H,5,7,11H2,1-3H3,(H,26,28)/i18D. The number of nitrogens with zero attached hydrogens (tertiary/aromatic N) is 2. The van der Waals surface area contributed by atoms with Gasteiger partial charge in [-0.25, -0.2) is 13.8 Å². The van der Waals surface area contributed by atoms with Gasteiger partial charge < -0.3 is 19.2 Å². The normalized spacial score (nSPS) is 18.8. The number of hydrogen-bond donors (Lipinski definition) is 1. The van der Waals surface area contributed by atoms with Gasteiger partial charge in [0.2, 0.25) is 0 Å². The lowest BCUT2D eigenvalue weighted by atomic mass is 10.00. The Morgan fingerprint density at radius 3 is 2.90 bits per heavy atom. The zero-order chi connectivity index (χ0) is 22.3. The molecule has 1 aliphatic rings. The van der Waals surface area contributed by atoms with Gasteiger partial charge in [-0.2, -0.15) is 0 Å². The Kier molecular flexibility index (Phi) is 5.08. The number of carbonyl (C=O) groups excluding carboxylic acids is 1. The molecule has 1 amide bonds. The quantitative estimate of drug-likeness (QED) is 0.679. The van der Waals surface area contributed by atoms with Crippen molar-refractivity contribution >= 4 is 11.6 Å². The molecule has 3 heterocycles. The Morgan fingerprint density at radius 1 is 1.40 bits per heavy atom. The molecule has 8 heteroatoms. The number of nitrogens with one attached hydrogen (secondary N) is 1. The van der Waals surface area contributed by atoms with Crippen molar-refractivity contribution in [1.82, 2.24) is 14.7 Å². The predicted molar refractivity (Wildman–Crippen MR) is 107 cm³/mol. The molecular weight excluding hydrogens is 392 g/mol. The van der Waals surface area contributed by atoms with Crippen molar-refractivity contribution < 1.29 is 24.4 Å². The highest BCUT2D eigenvalue weighted by molar-refractivity contribution is 6.00. The van der Waals surface area contributed by atoms with Gasteiger partial charge in [-0.1, -0.05) is 13.8 Å². The Balaban J connectivity index is 1.74. The molecule has 1 unspecified atom stereocenters. The molecule has 158 valence electrons. The molecule has 0 saturated carbocycles. The zero-order valence-electron chi connectivity index (χ0n) is 18.0. The molecule has 4 rings (SSSR count). The van der Waals surface area contributed by atoms with Gasteiger partial charge in [-0.05, 0) is 24.1 Å². The summed E-state index contributed by atoms with van der Waals surface area (Å²) in [5.74, 6) is -2.48. The second-order valence-electron chi connectivity index (χ2n) is 7.48. The number of ether oxygens (including phenoxy) is 2. The van der Waals surface area contributed by atoms with Crippen LogP contribution in [0.15, 0.2) is 30.5 Å². The summed E-state index contributed by atoms with van der Waals surface area (Å²) in [6.07, 6.45) is 1.84. The first-order valence-corrected chi connectivity index (χ1v) is 9.68. The molecule has 1 aromatic carbocycles. The third kappa shape index (κ3) is 3.63. The number of fused-ring (bicyclic) bond motifs is 2. The largest absolute Gasteiger partial charge is 0.493 e. The van der Waals surface area contributed by atoms with Gasteiger partial charge in [0.25, 0.3) is 5.91 Å². The molecule has 2 aromatic heterocycles. The summed E-state index contributed by atoms with van der Waals surface area (Å²) in [4.78, 5) is 17.7. The minimum absolute atomic E-state index is 0.0461. The van der Waals surface area contributed by atoms with Crippen molar-refractivity contribution in [2.45, 2.75) is 38.8 Å². The SMILES string of the molecule is [2H]C1(NC(=O)c2ccn3c(C(C)C)cc(COC)nc23)CCOc2cc(F)c(F)cc21. The van der Waals surface area contributed by atoms with E-state index in [9.17, 15) is 13.6 Å². The highest BCUT2D eigenvalue weighted by atomic mass is 19.2. The summed E-state index contributed by atoms with van der Waals surface area (Å²) in [5.41, 5.74) is 2.44. The smallest absolute Gasteiger partial charge is 0.255 e. The molecule has 0 saturated heterocycles. The summed E-state index contributed by atoms with van der Waals surface area (Å²) < 4.78 is 48.6. The number of benzene rings is 1. The number of hydrogen-bond acceptors (Lipinski definition) is 4. The van der Waals surface area contributed by atoms with Crippen molar-refractivity contribution in [3.8, 4) is 5.75 Å². The van der Waals surface area contributed by atoms with E-state index in [4.69, 9.17) is 10.8 Å². The van der Waals surface area contributed by atoms with E-state index in [-0.39, 0.29) is 35.8 Å². The molecule has 0 fully saturated rings. The van der Waals surface area contributed by atoms with Gasteiger partial charge in [0.1, 0.15) is 11.4 Å². The first-order valence-electron chi connectivity index (χ1n) is 10.2. The molecule has 3 aromatic rings. The van der Waals surface area contributed by atoms with Crippen LogP contribution in [0.1, 0.15) is 60.9 Å². The topological polar surface area (TPSA) is 64.9 Å². The number of carbonyl (C=O) groups is 1. The van der Waals surface area contributed by atoms with E-state index in [0.717, 1.165) is 17.8 Å². The molecule has 0 radical (unpaired) electrons. The summed E-state index contributed by atoms with van der Waals surface area (Å²) in [6.45, 7) is 4.46. The van der Waals surface area contributed by atoms with Crippen LogP contribution in [0, 0.1) is 11.6 Å². The van der Waals surface area contributed by atoms with Crippen LogP contribution >= 0.6 is 0 Å². The van der Waals surface area contributed by atoms with Gasteiger partial charge >= 0.3 is 0 Å². The van der Waals surface area contributed by atoms with E-state index < -0.39 is 23.6 Å². The third-order valence-corrected chi connectivity index (χ3v) is 5.05. The second kappa shape index (κ2) is 8.02. The maximum absolute atomic E-state index is 13.9. The number of aromatic nitrogens is 2. The van der Waals surface area contributed by atoms with Crippen molar-refractivity contribution in [2.24, 2.45) is 0 Å². The van der Waals surface area contributed by atoms with E-state index >= 15 is 0 Å². The summed E-state index contributed by atoms with van der Waals surface area (Å²) in [7, 11) is 1.57. The molecule has 1 aliphatic heterocycles. The van der Waals surface area contributed by atoms with Crippen molar-refractivity contribution in [3.63, 3.8) is 0 Å². The average Bonchev–Trinajstić information content (AvgIpc) is 3.13. The molecule has 1 atom stereocenters. The van der Waals surface area contributed by atoms with Crippen LogP contribution in [0.4, 0.5) is 8.78 Å². The maximum atomic E-state index is 13.9. The second-order valence-corrected chi connectivity index (χ2v) is 7.48. The van der Waals surface area contributed by atoms with Crippen LogP contribution in [0.25, 0.3) is 5.65 Å². The summed E-state index contributed by atoms with van der Waals surface area (Å²) in [6, 6.07) is 3.70. The monoisotopic (exact) mass is 416 g/mol. The molecular formula is C22H23F2N3O3. The van der Waals surface area contributed by atoms with Gasteiger partial charge in [0, 0.05) is 37.1 Å². The minimum Gasteiger partial charge on any atom is -0.493 e. The van der Waals surface area contributed by atoms with E-state index in [1.165, 1.54) is 0 Å². The first-order chi connectivity index (χ1) is 14.7. The average molecular weight is 416 g/mol. The van der Waals surface area contributed by atoms with Gasteiger partial charge in [0.05, 0.1) is 31.9 Å². The van der Waals surface area contributed by atoms with E-state index in [1.807, 2.05) is 24.3 Å². The van der Waals surface area contributed by atoms with Crippen molar-refractivity contribution in [1.29, 1.82) is 0 Å². The highest BCUT2D eigenvalue weighted by Crippen LogP contribution is 2.34. The third-order valence-electron chi connectivity index (χ3n) is 5.05. The first kappa shape index (κ1) is 19.0. The lowest BCUT2D eigenvalue weighted by molar-refractivity contribution is 0.0926. The van der Waals surface area contributed by atoms with Gasteiger partial charge in [-0.15, -0.1) is 0 Å². The van der Waals surface area contributed by atoms with Crippen LogP contribution in [0.5, 0.6) is 5.75 Å². The van der Waals surface area contributed by atoms with Crippen LogP contribution in [-0.2, 0) is 11.3 Å². The van der Waals surface area contributed by atoms with Gasteiger partial charge in [0.15, 0.2) is 11.6 Å². The maximum Gasteiger partial charge on any atom is 0.255 e. The Morgan fingerprint density at radius 2 is 2.17 bits per heavy atom. The molecule has 0 bridgehead atoms. The molecule has 0 aliphatic carbocycles. The van der Waals surface area contributed by atoms with E-state index in [1.54, 1.807) is 19.4 Å². The van der Waals surface area contributed by atoms with E-state index in [2.05, 4.69) is 10.3 Å². The zero-order valence-corrected chi connectivity index (χ0v) is 17.0. The molecule has 1 N–H and O–H groups in total. The van der Waals surface area contributed by atoms with E-state index in [0.29, 0.717) is 17.9 Å². The number of rotatable bonds is 5. The van der Waals surface area contributed by atoms with Crippen molar-refractivity contribution in [2.75, 3.05) is 13.7 Å². The molecule has 30 heavy (non-hydrogen) atoms. The highest BCUT2D eigenvalue weighted by Gasteiger charge is 2.27. The van der Waals surface area contributed by atoms with Crippen LogP contribution in [0.3, 0.4) is 0 Å². The van der Waals surface area contributed by atoms with Crippen LogP contribution in [-0.4, -0.2) is 29.0 Å². The summed E-state index contributed by atoms with van der Waals surface area (Å²) >= 11 is 0. The Hall–Kier alpha value is -3.00. The fourth-order valence-corrected chi connectivity index (χ4v) is 3.61. The van der Waals surface area contributed by atoms with Crippen molar-refractivity contribution in [3.05, 3.63) is 64.6 Å².